The van der Waals surface area contributed by atoms with Crippen LogP contribution in [0.3, 0.4) is 0 Å². The van der Waals surface area contributed by atoms with Gasteiger partial charge < -0.3 is 9.47 Å². The van der Waals surface area contributed by atoms with E-state index < -0.39 is 10.9 Å². The van der Waals surface area contributed by atoms with Gasteiger partial charge in [0, 0.05) is 10.6 Å². The van der Waals surface area contributed by atoms with Gasteiger partial charge in [-0.15, -0.1) is 0 Å². The first-order valence-electron chi connectivity index (χ1n) is 6.89. The first-order chi connectivity index (χ1) is 11.4. The highest BCUT2D eigenvalue weighted by atomic mass is 35.5. The minimum Gasteiger partial charge on any atom is -0.488 e. The lowest BCUT2D eigenvalue weighted by Gasteiger charge is -2.09. The average molecular weight is 370 g/mol. The molecule has 8 heteroatoms. The van der Waals surface area contributed by atoms with Crippen molar-refractivity contribution in [2.45, 2.75) is 6.92 Å². The van der Waals surface area contributed by atoms with Gasteiger partial charge in [-0.05, 0) is 31.2 Å². The topological polar surface area (TPSA) is 78.7 Å². The average Bonchev–Trinajstić information content (AvgIpc) is 2.52. The molecule has 0 aliphatic heterocycles. The van der Waals surface area contributed by atoms with Crippen molar-refractivity contribution in [3.05, 3.63) is 67.7 Å². The predicted molar refractivity (Wildman–Crippen MR) is 90.1 cm³/mol. The molecule has 0 spiro atoms. The molecule has 0 N–H and O–H groups in total. The number of hydrogen-bond donors (Lipinski definition) is 0. The molecule has 0 saturated carbocycles. The van der Waals surface area contributed by atoms with Gasteiger partial charge in [0.05, 0.1) is 9.95 Å². The fourth-order valence-corrected chi connectivity index (χ4v) is 2.49. The Morgan fingerprint density at radius 1 is 1.21 bits per heavy atom. The number of aryl methyl sites for hydroxylation is 1. The van der Waals surface area contributed by atoms with Crippen LogP contribution in [-0.2, 0) is 4.74 Å². The molecule has 0 bridgehead atoms. The number of ether oxygens (including phenoxy) is 2. The Balaban J connectivity index is 1.95. The Kier molecular flexibility index (Phi) is 6.00. The lowest BCUT2D eigenvalue weighted by Crippen LogP contribution is -2.14. The van der Waals surface area contributed by atoms with Gasteiger partial charge >= 0.3 is 5.97 Å². The SMILES string of the molecule is Cc1cccc(C(=O)OCCOc2ccc(Cl)cc2Cl)c1[N+](=O)[O-]. The number of carbonyl (C=O) groups excluding carboxylic acids is 1. The maximum Gasteiger partial charge on any atom is 0.345 e. The van der Waals surface area contributed by atoms with Crippen LogP contribution >= 0.6 is 23.2 Å². The highest BCUT2D eigenvalue weighted by molar-refractivity contribution is 6.35. The van der Waals surface area contributed by atoms with Gasteiger partial charge in [-0.3, -0.25) is 10.1 Å². The summed E-state index contributed by atoms with van der Waals surface area (Å²) in [6.45, 7) is 1.52. The van der Waals surface area contributed by atoms with E-state index in [9.17, 15) is 14.9 Å². The summed E-state index contributed by atoms with van der Waals surface area (Å²) in [5, 5.41) is 11.9. The fraction of sp³-hybridized carbons (Fsp3) is 0.188. The number of carbonyl (C=O) groups is 1. The summed E-state index contributed by atoms with van der Waals surface area (Å²) >= 11 is 11.7. The van der Waals surface area contributed by atoms with E-state index in [1.54, 1.807) is 31.2 Å². The molecular formula is C16H13Cl2NO5. The Hall–Kier alpha value is -2.31. The third-order valence-electron chi connectivity index (χ3n) is 3.11. The number of esters is 1. The summed E-state index contributed by atoms with van der Waals surface area (Å²) < 4.78 is 10.4. The summed E-state index contributed by atoms with van der Waals surface area (Å²) in [6, 6.07) is 9.21. The normalized spacial score (nSPS) is 10.3. The molecule has 2 rings (SSSR count). The number of nitrogens with zero attached hydrogens (tertiary/aromatic N) is 1. The molecule has 2 aromatic rings. The summed E-state index contributed by atoms with van der Waals surface area (Å²) in [5.41, 5.74) is 0.0346. The maximum atomic E-state index is 12.0. The van der Waals surface area contributed by atoms with E-state index in [-0.39, 0.29) is 24.5 Å². The number of para-hydroxylation sites is 1. The lowest BCUT2D eigenvalue weighted by molar-refractivity contribution is -0.385. The third kappa shape index (κ3) is 4.37. The van der Waals surface area contributed by atoms with Gasteiger partial charge in [0.15, 0.2) is 0 Å². The molecule has 0 unspecified atom stereocenters. The second kappa shape index (κ2) is 7.99. The number of benzene rings is 2. The van der Waals surface area contributed by atoms with Crippen LogP contribution in [0, 0.1) is 17.0 Å². The standard InChI is InChI=1S/C16H13Cl2NO5/c1-10-3-2-4-12(15(10)19(21)22)16(20)24-8-7-23-14-6-5-11(17)9-13(14)18/h2-6,9H,7-8H2,1H3. The molecule has 0 aromatic heterocycles. The smallest absolute Gasteiger partial charge is 0.345 e. The molecule has 2 aromatic carbocycles. The molecule has 0 atom stereocenters. The molecule has 24 heavy (non-hydrogen) atoms. The van der Waals surface area contributed by atoms with E-state index in [0.717, 1.165) is 0 Å². The van der Waals surface area contributed by atoms with E-state index >= 15 is 0 Å². The van der Waals surface area contributed by atoms with Gasteiger partial charge in [0.2, 0.25) is 0 Å². The van der Waals surface area contributed by atoms with E-state index in [4.69, 9.17) is 32.7 Å². The number of hydrogen-bond acceptors (Lipinski definition) is 5. The molecule has 0 amide bonds. The fourth-order valence-electron chi connectivity index (χ4n) is 2.02. The summed E-state index contributed by atoms with van der Waals surface area (Å²) in [6.07, 6.45) is 0. The maximum absolute atomic E-state index is 12.0. The van der Waals surface area contributed by atoms with Crippen molar-refractivity contribution in [1.82, 2.24) is 0 Å². The molecule has 126 valence electrons. The molecule has 0 fully saturated rings. The minimum atomic E-state index is -0.781. The second-order valence-corrected chi connectivity index (χ2v) is 5.63. The first-order valence-corrected chi connectivity index (χ1v) is 7.64. The highest BCUT2D eigenvalue weighted by Crippen LogP contribution is 2.27. The van der Waals surface area contributed by atoms with Gasteiger partial charge in [-0.1, -0.05) is 35.3 Å². The van der Waals surface area contributed by atoms with Crippen LogP contribution in [0.25, 0.3) is 0 Å². The Labute approximate surface area is 148 Å². The van der Waals surface area contributed by atoms with Crippen molar-refractivity contribution in [2.75, 3.05) is 13.2 Å². The van der Waals surface area contributed by atoms with Crippen LogP contribution < -0.4 is 4.74 Å². The number of rotatable bonds is 6. The first kappa shape index (κ1) is 18.0. The zero-order chi connectivity index (χ0) is 17.7. The molecule has 0 aliphatic carbocycles. The van der Waals surface area contributed by atoms with Crippen LogP contribution in [-0.4, -0.2) is 24.1 Å². The largest absolute Gasteiger partial charge is 0.488 e. The van der Waals surface area contributed by atoms with Crippen molar-refractivity contribution in [2.24, 2.45) is 0 Å². The number of nitro benzene ring substituents is 1. The predicted octanol–water partition coefficient (Wildman–Crippen LogP) is 4.45. The van der Waals surface area contributed by atoms with Crippen LogP contribution in [0.5, 0.6) is 5.75 Å². The summed E-state index contributed by atoms with van der Waals surface area (Å²) in [5.74, 6) is -0.380. The molecule has 0 radical (unpaired) electrons. The van der Waals surface area contributed by atoms with Crippen molar-refractivity contribution in [1.29, 1.82) is 0 Å². The van der Waals surface area contributed by atoms with Gasteiger partial charge in [0.25, 0.3) is 5.69 Å². The van der Waals surface area contributed by atoms with Crippen molar-refractivity contribution < 1.29 is 19.2 Å². The van der Waals surface area contributed by atoms with E-state index in [1.165, 1.54) is 12.1 Å². The Morgan fingerprint density at radius 3 is 2.62 bits per heavy atom. The van der Waals surface area contributed by atoms with Gasteiger partial charge in [0.1, 0.15) is 24.5 Å². The number of nitro groups is 1. The molecular weight excluding hydrogens is 357 g/mol. The van der Waals surface area contributed by atoms with Crippen molar-refractivity contribution >= 4 is 34.9 Å². The highest BCUT2D eigenvalue weighted by Gasteiger charge is 2.23. The zero-order valence-electron chi connectivity index (χ0n) is 12.6. The number of halogens is 2. The van der Waals surface area contributed by atoms with Crippen LogP contribution in [0.2, 0.25) is 10.0 Å². The second-order valence-electron chi connectivity index (χ2n) is 4.79. The molecule has 0 aliphatic rings. The molecule has 0 heterocycles. The van der Waals surface area contributed by atoms with E-state index in [1.807, 2.05) is 0 Å². The Bertz CT molecular complexity index is 779. The van der Waals surface area contributed by atoms with Crippen molar-refractivity contribution in [3.63, 3.8) is 0 Å². The Morgan fingerprint density at radius 2 is 1.96 bits per heavy atom. The van der Waals surface area contributed by atoms with E-state index in [0.29, 0.717) is 21.4 Å². The summed E-state index contributed by atoms with van der Waals surface area (Å²) in [7, 11) is 0. The van der Waals surface area contributed by atoms with Gasteiger partial charge in [-0.2, -0.15) is 0 Å². The minimum absolute atomic E-state index is 0.0483. The molecule has 0 saturated heterocycles. The van der Waals surface area contributed by atoms with Crippen molar-refractivity contribution in [3.8, 4) is 5.75 Å². The lowest BCUT2D eigenvalue weighted by atomic mass is 10.1. The van der Waals surface area contributed by atoms with Crippen LogP contribution in [0.15, 0.2) is 36.4 Å². The monoisotopic (exact) mass is 369 g/mol. The zero-order valence-corrected chi connectivity index (χ0v) is 14.1. The molecule has 6 nitrogen and oxygen atoms in total. The summed E-state index contributed by atoms with van der Waals surface area (Å²) in [4.78, 5) is 22.5. The third-order valence-corrected chi connectivity index (χ3v) is 3.64. The van der Waals surface area contributed by atoms with Gasteiger partial charge in [-0.25, -0.2) is 4.79 Å². The van der Waals surface area contributed by atoms with E-state index in [2.05, 4.69) is 0 Å². The van der Waals surface area contributed by atoms with Crippen LogP contribution in [0.4, 0.5) is 5.69 Å². The van der Waals surface area contributed by atoms with Crippen LogP contribution in [0.1, 0.15) is 15.9 Å². The quantitative estimate of drug-likeness (QED) is 0.325.